The first-order chi connectivity index (χ1) is 13.3. The number of nitrogens with zero attached hydrogens (tertiary/aromatic N) is 4. The molecule has 1 amide bonds. The SMILES string of the molecule is Cc1nn(-c2ccccc2)cc1CCCNC(=O)Cn1ccc(C(F)(F)F)n1. The molecule has 6 nitrogen and oxygen atoms in total. The normalized spacial score (nSPS) is 11.6. The van der Waals surface area contributed by atoms with E-state index in [9.17, 15) is 18.0 Å². The van der Waals surface area contributed by atoms with E-state index < -0.39 is 11.9 Å². The molecule has 0 saturated heterocycles. The molecule has 1 aromatic carbocycles. The number of halogens is 3. The van der Waals surface area contributed by atoms with Crippen LogP contribution in [-0.4, -0.2) is 32.0 Å². The summed E-state index contributed by atoms with van der Waals surface area (Å²) in [5.41, 5.74) is 1.97. The third-order valence-corrected chi connectivity index (χ3v) is 4.20. The molecular weight excluding hydrogens is 371 g/mol. The molecule has 0 aliphatic heterocycles. The average molecular weight is 391 g/mol. The van der Waals surface area contributed by atoms with Gasteiger partial charge in [-0.3, -0.25) is 9.48 Å². The topological polar surface area (TPSA) is 64.7 Å². The van der Waals surface area contributed by atoms with Crippen molar-refractivity contribution in [3.05, 3.63) is 65.7 Å². The quantitative estimate of drug-likeness (QED) is 0.630. The summed E-state index contributed by atoms with van der Waals surface area (Å²) in [5, 5.41) is 10.6. The number of alkyl halides is 3. The summed E-state index contributed by atoms with van der Waals surface area (Å²) in [5.74, 6) is -0.381. The van der Waals surface area contributed by atoms with Gasteiger partial charge in [-0.25, -0.2) is 4.68 Å². The molecule has 0 bridgehead atoms. The Bertz CT molecular complexity index is 931. The number of aryl methyl sites for hydroxylation is 2. The van der Waals surface area contributed by atoms with Crippen molar-refractivity contribution in [1.82, 2.24) is 24.9 Å². The van der Waals surface area contributed by atoms with E-state index in [1.807, 2.05) is 48.1 Å². The Labute approximate surface area is 160 Å². The molecule has 2 aromatic heterocycles. The van der Waals surface area contributed by atoms with Crippen molar-refractivity contribution in [1.29, 1.82) is 0 Å². The van der Waals surface area contributed by atoms with Crippen LogP contribution in [0.3, 0.4) is 0 Å². The molecule has 3 aromatic rings. The molecule has 0 atom stereocenters. The van der Waals surface area contributed by atoms with E-state index in [-0.39, 0.29) is 12.5 Å². The highest BCUT2D eigenvalue weighted by Crippen LogP contribution is 2.27. The summed E-state index contributed by atoms with van der Waals surface area (Å²) in [7, 11) is 0. The molecule has 0 aliphatic rings. The highest BCUT2D eigenvalue weighted by molar-refractivity contribution is 5.75. The minimum absolute atomic E-state index is 0.249. The summed E-state index contributed by atoms with van der Waals surface area (Å²) >= 11 is 0. The van der Waals surface area contributed by atoms with Gasteiger partial charge in [0.25, 0.3) is 0 Å². The van der Waals surface area contributed by atoms with Crippen molar-refractivity contribution in [2.24, 2.45) is 0 Å². The molecule has 0 unspecified atom stereocenters. The van der Waals surface area contributed by atoms with Gasteiger partial charge in [0.2, 0.25) is 5.91 Å². The van der Waals surface area contributed by atoms with E-state index in [0.29, 0.717) is 13.0 Å². The maximum Gasteiger partial charge on any atom is 0.435 e. The summed E-state index contributed by atoms with van der Waals surface area (Å²) in [6.07, 6.45) is 0.0291. The van der Waals surface area contributed by atoms with Crippen LogP contribution in [0.15, 0.2) is 48.8 Å². The second kappa shape index (κ2) is 8.28. The Morgan fingerprint density at radius 3 is 2.57 bits per heavy atom. The molecular formula is C19H20F3N5O. The first-order valence-corrected chi connectivity index (χ1v) is 8.81. The Hall–Kier alpha value is -3.10. The van der Waals surface area contributed by atoms with E-state index in [0.717, 1.165) is 40.3 Å². The van der Waals surface area contributed by atoms with Gasteiger partial charge >= 0.3 is 6.18 Å². The van der Waals surface area contributed by atoms with Gasteiger partial charge < -0.3 is 5.32 Å². The smallest absolute Gasteiger partial charge is 0.354 e. The number of amides is 1. The minimum Gasteiger partial charge on any atom is -0.354 e. The molecule has 0 spiro atoms. The van der Waals surface area contributed by atoms with E-state index in [1.54, 1.807) is 0 Å². The number of para-hydroxylation sites is 1. The molecule has 148 valence electrons. The van der Waals surface area contributed by atoms with Crippen molar-refractivity contribution in [3.63, 3.8) is 0 Å². The molecule has 0 saturated carbocycles. The molecule has 1 N–H and O–H groups in total. The van der Waals surface area contributed by atoms with Crippen LogP contribution in [0.2, 0.25) is 0 Å². The molecule has 9 heteroatoms. The standard InChI is InChI=1S/C19H20F3N5O/c1-14-15(12-27(24-14)16-7-3-2-4-8-16)6-5-10-23-18(28)13-26-11-9-17(25-26)19(20,21)22/h2-4,7-9,11-12H,5-6,10,13H2,1H3,(H,23,28). The molecule has 0 aliphatic carbocycles. The summed E-state index contributed by atoms with van der Waals surface area (Å²) in [4.78, 5) is 11.9. The molecule has 28 heavy (non-hydrogen) atoms. The number of nitrogens with one attached hydrogen (secondary N) is 1. The van der Waals surface area contributed by atoms with Crippen LogP contribution < -0.4 is 5.32 Å². The molecule has 0 radical (unpaired) electrons. The predicted molar refractivity (Wildman–Crippen MR) is 96.9 cm³/mol. The van der Waals surface area contributed by atoms with Crippen molar-refractivity contribution < 1.29 is 18.0 Å². The fourth-order valence-corrected chi connectivity index (χ4v) is 2.76. The Morgan fingerprint density at radius 1 is 1.14 bits per heavy atom. The van der Waals surface area contributed by atoms with Gasteiger partial charge in [0.1, 0.15) is 6.54 Å². The van der Waals surface area contributed by atoms with Crippen molar-refractivity contribution in [2.45, 2.75) is 32.5 Å². The summed E-state index contributed by atoms with van der Waals surface area (Å²) < 4.78 is 40.3. The fraction of sp³-hybridized carbons (Fsp3) is 0.316. The van der Waals surface area contributed by atoms with Gasteiger partial charge in [0, 0.05) is 18.9 Å². The van der Waals surface area contributed by atoms with Crippen LogP contribution in [0.25, 0.3) is 5.69 Å². The van der Waals surface area contributed by atoms with Gasteiger partial charge in [-0.15, -0.1) is 0 Å². The third-order valence-electron chi connectivity index (χ3n) is 4.20. The molecule has 0 fully saturated rings. The third kappa shape index (κ3) is 4.99. The van der Waals surface area contributed by atoms with Crippen LogP contribution in [0.4, 0.5) is 13.2 Å². The number of aromatic nitrogens is 4. The zero-order valence-corrected chi connectivity index (χ0v) is 15.3. The van der Waals surface area contributed by atoms with Crippen LogP contribution >= 0.6 is 0 Å². The largest absolute Gasteiger partial charge is 0.435 e. The predicted octanol–water partition coefficient (Wildman–Crippen LogP) is 3.15. The summed E-state index contributed by atoms with van der Waals surface area (Å²) in [6.45, 7) is 2.10. The highest BCUT2D eigenvalue weighted by Gasteiger charge is 2.33. The lowest BCUT2D eigenvalue weighted by molar-refractivity contribution is -0.141. The average Bonchev–Trinajstić information content (AvgIpc) is 3.26. The van der Waals surface area contributed by atoms with Crippen LogP contribution in [-0.2, 0) is 23.9 Å². The maximum absolute atomic E-state index is 12.5. The first-order valence-electron chi connectivity index (χ1n) is 8.81. The highest BCUT2D eigenvalue weighted by atomic mass is 19.4. The Balaban J connectivity index is 1.45. The number of benzene rings is 1. The number of hydrogen-bond donors (Lipinski definition) is 1. The number of hydrogen-bond acceptors (Lipinski definition) is 3. The molecule has 3 rings (SSSR count). The number of carbonyl (C=O) groups is 1. The van der Waals surface area contributed by atoms with Crippen molar-refractivity contribution in [2.75, 3.05) is 6.54 Å². The first kappa shape index (κ1) is 19.7. The van der Waals surface area contributed by atoms with E-state index >= 15 is 0 Å². The second-order valence-electron chi connectivity index (χ2n) is 6.37. The van der Waals surface area contributed by atoms with Crippen molar-refractivity contribution >= 4 is 5.91 Å². The molecule has 2 heterocycles. The van der Waals surface area contributed by atoms with Gasteiger partial charge in [0.05, 0.1) is 11.4 Å². The summed E-state index contributed by atoms with van der Waals surface area (Å²) in [6, 6.07) is 10.6. The number of carbonyl (C=O) groups excluding carboxylic acids is 1. The van der Waals surface area contributed by atoms with E-state index in [1.165, 1.54) is 0 Å². The van der Waals surface area contributed by atoms with E-state index in [2.05, 4.69) is 15.5 Å². The maximum atomic E-state index is 12.5. The van der Waals surface area contributed by atoms with Crippen LogP contribution in [0.5, 0.6) is 0 Å². The lowest BCUT2D eigenvalue weighted by Crippen LogP contribution is -2.29. The zero-order valence-electron chi connectivity index (χ0n) is 15.3. The minimum atomic E-state index is -4.51. The number of rotatable bonds is 7. The van der Waals surface area contributed by atoms with Gasteiger partial charge in [-0.1, -0.05) is 18.2 Å². The monoisotopic (exact) mass is 391 g/mol. The lowest BCUT2D eigenvalue weighted by Gasteiger charge is -2.06. The fourth-order valence-electron chi connectivity index (χ4n) is 2.76. The zero-order chi connectivity index (χ0) is 20.1. The van der Waals surface area contributed by atoms with Crippen LogP contribution in [0.1, 0.15) is 23.4 Å². The Morgan fingerprint density at radius 2 is 1.89 bits per heavy atom. The van der Waals surface area contributed by atoms with Crippen molar-refractivity contribution in [3.8, 4) is 5.69 Å². The lowest BCUT2D eigenvalue weighted by atomic mass is 10.1. The van der Waals surface area contributed by atoms with Gasteiger partial charge in [-0.2, -0.15) is 23.4 Å². The second-order valence-corrected chi connectivity index (χ2v) is 6.37. The van der Waals surface area contributed by atoms with E-state index in [4.69, 9.17) is 0 Å². The van der Waals surface area contributed by atoms with Gasteiger partial charge in [-0.05, 0) is 43.5 Å². The Kier molecular flexibility index (Phi) is 5.81. The van der Waals surface area contributed by atoms with Crippen LogP contribution in [0, 0.1) is 6.92 Å². The van der Waals surface area contributed by atoms with Gasteiger partial charge in [0.15, 0.2) is 5.69 Å².